The smallest absolute Gasteiger partial charge is 0.237 e. The Kier molecular flexibility index (Phi) is 3.50. The molecule has 1 rings (SSSR count). The predicted octanol–water partition coefficient (Wildman–Crippen LogP) is 0.265. The van der Waals surface area contributed by atoms with Gasteiger partial charge < -0.3 is 15.8 Å². The minimum atomic E-state index is -0.634. The van der Waals surface area contributed by atoms with E-state index in [1.54, 1.807) is 0 Å². The van der Waals surface area contributed by atoms with Crippen molar-refractivity contribution in [3.05, 3.63) is 0 Å². The van der Waals surface area contributed by atoms with Gasteiger partial charge in [0.15, 0.2) is 0 Å². The highest BCUT2D eigenvalue weighted by molar-refractivity contribution is 5.84. The number of carbonyl (C=O) groups is 1. The quantitative estimate of drug-likeness (QED) is 0.684. The number of rotatable bonds is 4. The summed E-state index contributed by atoms with van der Waals surface area (Å²) in [4.78, 5) is 11.4. The molecule has 1 saturated heterocycles. The second-order valence-electron chi connectivity index (χ2n) is 4.43. The third-order valence-electron chi connectivity index (χ3n) is 2.85. The van der Waals surface area contributed by atoms with Gasteiger partial charge in [0.05, 0.1) is 6.61 Å². The number of hydrogen-bond acceptors (Lipinski definition) is 3. The van der Waals surface area contributed by atoms with Crippen molar-refractivity contribution in [2.24, 2.45) is 11.7 Å². The summed E-state index contributed by atoms with van der Waals surface area (Å²) in [6.45, 7) is 7.25. The zero-order valence-electron chi connectivity index (χ0n) is 9.17. The normalized spacial score (nSPS) is 26.4. The molecule has 4 heteroatoms. The van der Waals surface area contributed by atoms with Crippen LogP contribution in [0.1, 0.15) is 27.2 Å². The Morgan fingerprint density at radius 3 is 2.64 bits per heavy atom. The van der Waals surface area contributed by atoms with Gasteiger partial charge >= 0.3 is 0 Å². The first-order valence-electron chi connectivity index (χ1n) is 5.12. The Hall–Kier alpha value is -0.610. The van der Waals surface area contributed by atoms with Crippen LogP contribution in [-0.4, -0.2) is 30.7 Å². The first-order chi connectivity index (χ1) is 6.47. The summed E-state index contributed by atoms with van der Waals surface area (Å²) in [5.41, 5.74) is 4.81. The molecule has 3 N–H and O–H groups in total. The van der Waals surface area contributed by atoms with Gasteiger partial charge in [-0.25, -0.2) is 0 Å². The molecule has 0 spiro atoms. The predicted molar refractivity (Wildman–Crippen MR) is 54.8 cm³/mol. The van der Waals surface area contributed by atoms with Crippen LogP contribution >= 0.6 is 0 Å². The maximum absolute atomic E-state index is 11.4. The molecule has 0 aromatic carbocycles. The van der Waals surface area contributed by atoms with E-state index in [0.717, 1.165) is 13.0 Å². The molecule has 0 radical (unpaired) electrons. The molecule has 1 aliphatic rings. The van der Waals surface area contributed by atoms with Gasteiger partial charge in [-0.3, -0.25) is 4.79 Å². The Bertz CT molecular complexity index is 212. The molecular formula is C10H20N2O2. The van der Waals surface area contributed by atoms with E-state index in [2.05, 4.69) is 5.32 Å². The largest absolute Gasteiger partial charge is 0.381 e. The van der Waals surface area contributed by atoms with E-state index in [-0.39, 0.29) is 17.9 Å². The summed E-state index contributed by atoms with van der Waals surface area (Å²) in [6.07, 6.45) is 0.902. The lowest BCUT2D eigenvalue weighted by molar-refractivity contribution is -0.126. The van der Waals surface area contributed by atoms with E-state index in [9.17, 15) is 4.79 Å². The lowest BCUT2D eigenvalue weighted by atomic mass is 9.83. The van der Waals surface area contributed by atoms with E-state index in [1.807, 2.05) is 20.8 Å². The summed E-state index contributed by atoms with van der Waals surface area (Å²) in [5, 5.41) is 3.24. The van der Waals surface area contributed by atoms with Gasteiger partial charge in [-0.2, -0.15) is 0 Å². The molecule has 2 unspecified atom stereocenters. The van der Waals surface area contributed by atoms with Gasteiger partial charge in [0.2, 0.25) is 5.91 Å². The molecule has 14 heavy (non-hydrogen) atoms. The van der Waals surface area contributed by atoms with Gasteiger partial charge in [-0.15, -0.1) is 0 Å². The highest BCUT2D eigenvalue weighted by Crippen LogP contribution is 2.26. The van der Waals surface area contributed by atoms with Crippen LogP contribution in [0.25, 0.3) is 0 Å². The number of amides is 1. The minimum Gasteiger partial charge on any atom is -0.381 e. The van der Waals surface area contributed by atoms with Crippen molar-refractivity contribution in [1.82, 2.24) is 5.32 Å². The van der Waals surface area contributed by atoms with Gasteiger partial charge in [0.25, 0.3) is 0 Å². The molecule has 1 amide bonds. The van der Waals surface area contributed by atoms with Crippen LogP contribution in [0.5, 0.6) is 0 Å². The molecule has 1 fully saturated rings. The molecule has 1 aliphatic heterocycles. The van der Waals surface area contributed by atoms with Gasteiger partial charge in [0.1, 0.15) is 5.54 Å². The van der Waals surface area contributed by atoms with Crippen molar-refractivity contribution in [3.63, 3.8) is 0 Å². The standard InChI is InChI=1S/C10H20N2O2/c1-7(2)12-10(3,9(11)13)8-4-5-14-6-8/h7-8,12H,4-6H2,1-3H3,(H2,11,13). The number of primary amides is 1. The second-order valence-corrected chi connectivity index (χ2v) is 4.43. The van der Waals surface area contributed by atoms with Crippen LogP contribution in [0.4, 0.5) is 0 Å². The Balaban J connectivity index is 2.74. The third kappa shape index (κ3) is 2.25. The number of carbonyl (C=O) groups excluding carboxylic acids is 1. The monoisotopic (exact) mass is 200 g/mol. The van der Waals surface area contributed by atoms with Crippen molar-refractivity contribution in [3.8, 4) is 0 Å². The lowest BCUT2D eigenvalue weighted by Crippen LogP contribution is -2.60. The van der Waals surface area contributed by atoms with Crippen LogP contribution in [0, 0.1) is 5.92 Å². The van der Waals surface area contributed by atoms with Crippen molar-refractivity contribution >= 4 is 5.91 Å². The SMILES string of the molecule is CC(C)NC(C)(C(N)=O)C1CCOC1. The average Bonchev–Trinajstić information content (AvgIpc) is 2.53. The number of nitrogens with two attached hydrogens (primary N) is 1. The van der Waals surface area contributed by atoms with E-state index < -0.39 is 5.54 Å². The van der Waals surface area contributed by atoms with Gasteiger partial charge in [0, 0.05) is 18.6 Å². The molecule has 0 aromatic rings. The van der Waals surface area contributed by atoms with E-state index in [4.69, 9.17) is 10.5 Å². The average molecular weight is 200 g/mol. The molecule has 0 aliphatic carbocycles. The molecule has 0 bridgehead atoms. The maximum Gasteiger partial charge on any atom is 0.237 e. The van der Waals surface area contributed by atoms with Gasteiger partial charge in [-0.05, 0) is 27.2 Å². The Morgan fingerprint density at radius 1 is 1.64 bits per heavy atom. The number of nitrogens with one attached hydrogen (secondary N) is 1. The summed E-state index contributed by atoms with van der Waals surface area (Å²) in [7, 11) is 0. The lowest BCUT2D eigenvalue weighted by Gasteiger charge is -2.34. The van der Waals surface area contributed by atoms with Crippen molar-refractivity contribution in [1.29, 1.82) is 0 Å². The minimum absolute atomic E-state index is 0.197. The number of hydrogen-bond donors (Lipinski definition) is 2. The van der Waals surface area contributed by atoms with Crippen LogP contribution in [0.15, 0.2) is 0 Å². The molecule has 0 aromatic heterocycles. The summed E-state index contributed by atoms with van der Waals surface area (Å²) in [6, 6.07) is 0.244. The fraction of sp³-hybridized carbons (Fsp3) is 0.900. The molecule has 4 nitrogen and oxygen atoms in total. The fourth-order valence-corrected chi connectivity index (χ4v) is 1.98. The molecule has 2 atom stereocenters. The van der Waals surface area contributed by atoms with Crippen LogP contribution < -0.4 is 11.1 Å². The highest BCUT2D eigenvalue weighted by atomic mass is 16.5. The summed E-state index contributed by atoms with van der Waals surface area (Å²) < 4.78 is 5.29. The van der Waals surface area contributed by atoms with E-state index in [1.165, 1.54) is 0 Å². The summed E-state index contributed by atoms with van der Waals surface area (Å²) in [5.74, 6) is -0.0934. The first-order valence-corrected chi connectivity index (χ1v) is 5.12. The molecular weight excluding hydrogens is 180 g/mol. The number of ether oxygens (including phenoxy) is 1. The highest BCUT2D eigenvalue weighted by Gasteiger charge is 2.41. The molecule has 0 saturated carbocycles. The zero-order chi connectivity index (χ0) is 10.8. The maximum atomic E-state index is 11.4. The van der Waals surface area contributed by atoms with E-state index >= 15 is 0 Å². The topological polar surface area (TPSA) is 64.3 Å². The van der Waals surface area contributed by atoms with Crippen molar-refractivity contribution in [2.75, 3.05) is 13.2 Å². The Labute approximate surface area is 85.2 Å². The Morgan fingerprint density at radius 2 is 2.29 bits per heavy atom. The first kappa shape index (κ1) is 11.5. The molecule has 82 valence electrons. The van der Waals surface area contributed by atoms with E-state index in [0.29, 0.717) is 6.61 Å². The summed E-state index contributed by atoms with van der Waals surface area (Å²) >= 11 is 0. The second kappa shape index (κ2) is 4.28. The van der Waals surface area contributed by atoms with Crippen LogP contribution in [-0.2, 0) is 9.53 Å². The third-order valence-corrected chi connectivity index (χ3v) is 2.85. The van der Waals surface area contributed by atoms with Crippen molar-refractivity contribution in [2.45, 2.75) is 38.8 Å². The zero-order valence-corrected chi connectivity index (χ0v) is 9.17. The van der Waals surface area contributed by atoms with Crippen LogP contribution in [0.3, 0.4) is 0 Å². The van der Waals surface area contributed by atoms with Gasteiger partial charge in [-0.1, -0.05) is 0 Å². The van der Waals surface area contributed by atoms with Crippen LogP contribution in [0.2, 0.25) is 0 Å². The van der Waals surface area contributed by atoms with Crippen molar-refractivity contribution < 1.29 is 9.53 Å². The fourth-order valence-electron chi connectivity index (χ4n) is 1.98. The molecule has 1 heterocycles.